The van der Waals surface area contributed by atoms with Crippen molar-refractivity contribution in [3.05, 3.63) is 34.9 Å². The molecule has 0 aliphatic carbocycles. The van der Waals surface area contributed by atoms with E-state index in [1.54, 1.807) is 13.0 Å². The van der Waals surface area contributed by atoms with Crippen LogP contribution in [0.15, 0.2) is 18.2 Å². The Labute approximate surface area is 116 Å². The van der Waals surface area contributed by atoms with Crippen molar-refractivity contribution in [1.29, 1.82) is 0 Å². The van der Waals surface area contributed by atoms with E-state index in [0.29, 0.717) is 24.9 Å². The summed E-state index contributed by atoms with van der Waals surface area (Å²) in [6.07, 6.45) is -0.708. The number of aryl methyl sites for hydroxylation is 1. The van der Waals surface area contributed by atoms with E-state index in [4.69, 9.17) is 9.84 Å². The lowest BCUT2D eigenvalue weighted by atomic mass is 9.98. The summed E-state index contributed by atoms with van der Waals surface area (Å²) in [5.74, 6) is -1.76. The van der Waals surface area contributed by atoms with Crippen LogP contribution in [0, 0.1) is 0 Å². The van der Waals surface area contributed by atoms with Gasteiger partial charge in [0.05, 0.1) is 6.61 Å². The second-order valence-electron chi connectivity index (χ2n) is 4.13. The number of aldehydes is 1. The summed E-state index contributed by atoms with van der Waals surface area (Å²) >= 11 is 0. The first-order valence-corrected chi connectivity index (χ1v) is 6.14. The lowest BCUT2D eigenvalue weighted by Crippen LogP contribution is -2.13. The van der Waals surface area contributed by atoms with Gasteiger partial charge in [0.2, 0.25) is 0 Å². The summed E-state index contributed by atoms with van der Waals surface area (Å²) in [5, 5.41) is 18.2. The van der Waals surface area contributed by atoms with Gasteiger partial charge in [-0.3, -0.25) is 9.59 Å². The minimum atomic E-state index is -1.74. The van der Waals surface area contributed by atoms with Crippen LogP contribution < -0.4 is 0 Å². The molecule has 6 heteroatoms. The largest absolute Gasteiger partial charge is 0.479 e. The third kappa shape index (κ3) is 4.17. The molecule has 2 N–H and O–H groups in total. The Morgan fingerprint density at radius 1 is 1.40 bits per heavy atom. The molecule has 0 aromatic heterocycles. The minimum Gasteiger partial charge on any atom is -0.479 e. The zero-order valence-electron chi connectivity index (χ0n) is 11.0. The fraction of sp³-hybridized carbons (Fsp3) is 0.357. The van der Waals surface area contributed by atoms with Gasteiger partial charge in [-0.1, -0.05) is 12.1 Å². The zero-order valence-corrected chi connectivity index (χ0v) is 11.0. The maximum Gasteiger partial charge on any atom is 0.337 e. The van der Waals surface area contributed by atoms with Crippen LogP contribution in [0.4, 0.5) is 0 Å². The van der Waals surface area contributed by atoms with Crippen LogP contribution in [0.5, 0.6) is 0 Å². The van der Waals surface area contributed by atoms with Crippen molar-refractivity contribution in [2.24, 2.45) is 0 Å². The molecule has 0 heterocycles. The molecule has 0 saturated heterocycles. The van der Waals surface area contributed by atoms with Crippen LogP contribution in [-0.2, 0) is 20.7 Å². The molecule has 1 aromatic carbocycles. The Kier molecular flexibility index (Phi) is 5.86. The highest BCUT2D eigenvalue weighted by Gasteiger charge is 2.19. The van der Waals surface area contributed by atoms with E-state index in [1.807, 2.05) is 0 Å². The van der Waals surface area contributed by atoms with E-state index in [2.05, 4.69) is 0 Å². The Balaban J connectivity index is 2.84. The molecule has 0 fully saturated rings. The van der Waals surface area contributed by atoms with E-state index in [-0.39, 0.29) is 23.5 Å². The van der Waals surface area contributed by atoms with E-state index < -0.39 is 12.1 Å². The van der Waals surface area contributed by atoms with Crippen molar-refractivity contribution in [2.45, 2.75) is 25.9 Å². The highest BCUT2D eigenvalue weighted by molar-refractivity contribution is 5.83. The molecule has 0 bridgehead atoms. The van der Waals surface area contributed by atoms with Crippen molar-refractivity contribution >= 4 is 18.2 Å². The van der Waals surface area contributed by atoms with Gasteiger partial charge in [0.15, 0.2) is 6.10 Å². The van der Waals surface area contributed by atoms with Gasteiger partial charge < -0.3 is 14.9 Å². The molecule has 20 heavy (non-hydrogen) atoms. The number of benzene rings is 1. The van der Waals surface area contributed by atoms with Crippen molar-refractivity contribution in [3.8, 4) is 0 Å². The molecule has 0 radical (unpaired) electrons. The summed E-state index contributed by atoms with van der Waals surface area (Å²) in [4.78, 5) is 32.9. The smallest absolute Gasteiger partial charge is 0.337 e. The highest BCUT2D eigenvalue weighted by Crippen LogP contribution is 2.19. The van der Waals surface area contributed by atoms with Gasteiger partial charge in [-0.25, -0.2) is 4.79 Å². The molecule has 108 valence electrons. The maximum atomic E-state index is 11.2. The number of carboxylic acid groups (broad SMARTS) is 1. The van der Waals surface area contributed by atoms with Crippen LogP contribution >= 0.6 is 0 Å². The van der Waals surface area contributed by atoms with Gasteiger partial charge >= 0.3 is 11.9 Å². The number of hydrogen-bond acceptors (Lipinski definition) is 5. The molecule has 0 aliphatic rings. The van der Waals surface area contributed by atoms with E-state index in [0.717, 1.165) is 0 Å². The van der Waals surface area contributed by atoms with E-state index >= 15 is 0 Å². The number of carboxylic acids is 1. The molecule has 6 nitrogen and oxygen atoms in total. The average Bonchev–Trinajstić information content (AvgIpc) is 2.44. The summed E-state index contributed by atoms with van der Waals surface area (Å²) in [5.41, 5.74) is 0.829. The second-order valence-corrected chi connectivity index (χ2v) is 4.13. The zero-order chi connectivity index (χ0) is 15.1. The van der Waals surface area contributed by atoms with Crippen molar-refractivity contribution in [1.82, 2.24) is 0 Å². The number of rotatable bonds is 7. The number of hydrogen-bond donors (Lipinski definition) is 2. The summed E-state index contributed by atoms with van der Waals surface area (Å²) in [6, 6.07) is 4.42. The molecular formula is C14H16O6. The van der Waals surface area contributed by atoms with Gasteiger partial charge in [-0.05, 0) is 25.0 Å². The van der Waals surface area contributed by atoms with Gasteiger partial charge in [-0.15, -0.1) is 0 Å². The molecule has 0 spiro atoms. The number of carbonyl (C=O) groups is 3. The monoisotopic (exact) mass is 280 g/mol. The Hall–Kier alpha value is -2.21. The first-order chi connectivity index (χ1) is 9.49. The molecular weight excluding hydrogens is 264 g/mol. The summed E-state index contributed by atoms with van der Waals surface area (Å²) in [6.45, 7) is 2.02. The molecule has 1 rings (SSSR count). The lowest BCUT2D eigenvalue weighted by molar-refractivity contribution is -0.147. The lowest BCUT2D eigenvalue weighted by Gasteiger charge is -2.10. The fourth-order valence-corrected chi connectivity index (χ4v) is 1.74. The standard InChI is InChI=1S/C14H16O6/c1-2-20-12(16)6-4-9-3-5-11(10(7-9)8-15)13(17)14(18)19/h3,5,7-8,13,17H,2,4,6H2,1H3,(H,18,19). The predicted octanol–water partition coefficient (Wildman–Crippen LogP) is 1.11. The minimum absolute atomic E-state index is 0.0346. The molecule has 1 atom stereocenters. The fourth-order valence-electron chi connectivity index (χ4n) is 1.74. The van der Waals surface area contributed by atoms with E-state index in [9.17, 15) is 19.5 Å². The van der Waals surface area contributed by atoms with Crippen LogP contribution in [0.3, 0.4) is 0 Å². The SMILES string of the molecule is CCOC(=O)CCc1ccc(C(O)C(=O)O)c(C=O)c1. The van der Waals surface area contributed by atoms with Crippen LogP contribution in [0.2, 0.25) is 0 Å². The summed E-state index contributed by atoms with van der Waals surface area (Å²) in [7, 11) is 0. The Morgan fingerprint density at radius 3 is 2.65 bits per heavy atom. The molecule has 0 saturated carbocycles. The molecule has 1 unspecified atom stereocenters. The topological polar surface area (TPSA) is 101 Å². The Bertz CT molecular complexity index is 508. The Morgan fingerprint density at radius 2 is 2.10 bits per heavy atom. The predicted molar refractivity (Wildman–Crippen MR) is 69.4 cm³/mol. The van der Waals surface area contributed by atoms with Crippen molar-refractivity contribution < 1.29 is 29.3 Å². The van der Waals surface area contributed by atoms with Crippen LogP contribution in [0.25, 0.3) is 0 Å². The van der Waals surface area contributed by atoms with Crippen LogP contribution in [0.1, 0.15) is 40.9 Å². The first-order valence-electron chi connectivity index (χ1n) is 6.14. The number of aliphatic carboxylic acids is 1. The normalized spacial score (nSPS) is 11.7. The molecule has 1 aromatic rings. The molecule has 0 amide bonds. The number of carbonyl (C=O) groups excluding carboxylic acids is 2. The number of aliphatic hydroxyl groups excluding tert-OH is 1. The molecule has 0 aliphatic heterocycles. The van der Waals surface area contributed by atoms with Gasteiger partial charge in [0.25, 0.3) is 0 Å². The average molecular weight is 280 g/mol. The first kappa shape index (κ1) is 15.8. The van der Waals surface area contributed by atoms with Gasteiger partial charge in [0.1, 0.15) is 6.29 Å². The van der Waals surface area contributed by atoms with Gasteiger partial charge in [0, 0.05) is 17.5 Å². The highest BCUT2D eigenvalue weighted by atomic mass is 16.5. The van der Waals surface area contributed by atoms with Gasteiger partial charge in [-0.2, -0.15) is 0 Å². The quantitative estimate of drug-likeness (QED) is 0.573. The third-order valence-corrected chi connectivity index (χ3v) is 2.73. The number of aliphatic hydroxyl groups is 1. The number of ether oxygens (including phenoxy) is 1. The van der Waals surface area contributed by atoms with Crippen molar-refractivity contribution in [2.75, 3.05) is 6.61 Å². The second kappa shape index (κ2) is 7.40. The maximum absolute atomic E-state index is 11.2. The van der Waals surface area contributed by atoms with Crippen molar-refractivity contribution in [3.63, 3.8) is 0 Å². The van der Waals surface area contributed by atoms with E-state index in [1.165, 1.54) is 12.1 Å². The summed E-state index contributed by atoms with van der Waals surface area (Å²) < 4.78 is 4.79. The number of esters is 1. The van der Waals surface area contributed by atoms with Crippen LogP contribution in [-0.4, -0.2) is 35.0 Å². The third-order valence-electron chi connectivity index (χ3n) is 2.73.